The van der Waals surface area contributed by atoms with Gasteiger partial charge in [0.2, 0.25) is 21.8 Å². The van der Waals surface area contributed by atoms with Gasteiger partial charge in [0.05, 0.1) is 11.9 Å². The molecule has 256 valence electrons. The summed E-state index contributed by atoms with van der Waals surface area (Å²) in [5, 5.41) is 3.02. The summed E-state index contributed by atoms with van der Waals surface area (Å²) in [7, 11) is -3.88. The summed E-state index contributed by atoms with van der Waals surface area (Å²) in [5.41, 5.74) is 2.75. The van der Waals surface area contributed by atoms with Crippen molar-refractivity contribution in [2.75, 3.05) is 17.1 Å². The standard InChI is InChI=1S/C39H48FN3O4S/c1-38(2,3)41-37(45)35(21-27-8-6-5-7-9-27)42(25-28-10-14-33(40)15-11-28)36(44)26-43(48(4,46)47)34-16-12-32(13-17-34)39-22-29-18-30(23-39)20-31(19-29)24-39/h5-17,29-31,35H,18-26H2,1-4H3,(H,41,45)/t29?,30?,31?,35-,39?/m1/s1. The molecule has 9 heteroatoms. The van der Waals surface area contributed by atoms with Gasteiger partial charge < -0.3 is 10.2 Å². The van der Waals surface area contributed by atoms with E-state index in [-0.39, 0.29) is 24.3 Å². The van der Waals surface area contributed by atoms with Gasteiger partial charge in [-0.3, -0.25) is 13.9 Å². The average Bonchev–Trinajstić information content (AvgIpc) is 3.01. The summed E-state index contributed by atoms with van der Waals surface area (Å²) in [4.78, 5) is 29.8. The van der Waals surface area contributed by atoms with Gasteiger partial charge in [-0.25, -0.2) is 12.8 Å². The van der Waals surface area contributed by atoms with Crippen molar-refractivity contribution in [3.63, 3.8) is 0 Å². The van der Waals surface area contributed by atoms with Crippen LogP contribution in [-0.2, 0) is 38.0 Å². The first-order valence-electron chi connectivity index (χ1n) is 17.2. The largest absolute Gasteiger partial charge is 0.350 e. The summed E-state index contributed by atoms with van der Waals surface area (Å²) in [6.45, 7) is 5.13. The number of nitrogens with zero attached hydrogens (tertiary/aromatic N) is 2. The Bertz CT molecular complexity index is 1680. The number of rotatable bonds is 11. The first kappa shape index (κ1) is 34.2. The van der Waals surface area contributed by atoms with Crippen molar-refractivity contribution in [3.05, 3.63) is 101 Å². The van der Waals surface area contributed by atoms with Gasteiger partial charge in [-0.1, -0.05) is 54.6 Å². The molecule has 4 fully saturated rings. The van der Waals surface area contributed by atoms with Crippen LogP contribution in [0.3, 0.4) is 0 Å². The molecule has 7 rings (SSSR count). The van der Waals surface area contributed by atoms with Crippen molar-refractivity contribution in [2.45, 2.75) is 89.3 Å². The first-order chi connectivity index (χ1) is 22.7. The fraction of sp³-hybridized carbons (Fsp3) is 0.487. The van der Waals surface area contributed by atoms with E-state index in [2.05, 4.69) is 17.4 Å². The van der Waals surface area contributed by atoms with Crippen molar-refractivity contribution in [3.8, 4) is 0 Å². The Labute approximate surface area is 285 Å². The average molecular weight is 674 g/mol. The molecule has 2 amide bonds. The first-order valence-corrected chi connectivity index (χ1v) is 19.0. The van der Waals surface area contributed by atoms with Gasteiger partial charge in [0.15, 0.2) is 0 Å². The van der Waals surface area contributed by atoms with Gasteiger partial charge in [0, 0.05) is 18.5 Å². The Morgan fingerprint density at radius 3 is 1.94 bits per heavy atom. The molecular formula is C39H48FN3O4S. The number of halogens is 1. The highest BCUT2D eigenvalue weighted by atomic mass is 32.2. The Morgan fingerprint density at radius 2 is 1.42 bits per heavy atom. The fourth-order valence-electron chi connectivity index (χ4n) is 8.85. The molecule has 48 heavy (non-hydrogen) atoms. The lowest BCUT2D eigenvalue weighted by Gasteiger charge is -2.57. The van der Waals surface area contributed by atoms with Crippen molar-refractivity contribution in [2.24, 2.45) is 17.8 Å². The molecule has 4 saturated carbocycles. The van der Waals surface area contributed by atoms with E-state index in [1.807, 2.05) is 63.2 Å². The van der Waals surface area contributed by atoms with Crippen LogP contribution in [0.1, 0.15) is 76.0 Å². The number of carbonyl (C=O) groups is 2. The van der Waals surface area contributed by atoms with Crippen molar-refractivity contribution in [1.29, 1.82) is 0 Å². The van der Waals surface area contributed by atoms with Gasteiger partial charge in [0.1, 0.15) is 18.4 Å². The molecule has 0 aromatic heterocycles. The van der Waals surface area contributed by atoms with Gasteiger partial charge in [-0.2, -0.15) is 0 Å². The topological polar surface area (TPSA) is 86.8 Å². The van der Waals surface area contributed by atoms with E-state index in [1.54, 1.807) is 12.1 Å². The van der Waals surface area contributed by atoms with Crippen LogP contribution < -0.4 is 9.62 Å². The van der Waals surface area contributed by atoms with Gasteiger partial charge in [-0.05, 0) is 123 Å². The number of carbonyl (C=O) groups excluding carboxylic acids is 2. The Balaban J connectivity index is 1.31. The van der Waals surface area contributed by atoms with Crippen LogP contribution in [0.15, 0.2) is 78.9 Å². The molecule has 1 atom stereocenters. The van der Waals surface area contributed by atoms with Crippen molar-refractivity contribution < 1.29 is 22.4 Å². The highest BCUT2D eigenvalue weighted by molar-refractivity contribution is 7.92. The molecule has 0 heterocycles. The number of benzene rings is 3. The molecule has 3 aromatic rings. The Morgan fingerprint density at radius 1 is 0.854 bits per heavy atom. The minimum absolute atomic E-state index is 0.00324. The predicted octanol–water partition coefficient (Wildman–Crippen LogP) is 6.61. The molecule has 0 saturated heterocycles. The van der Waals surface area contributed by atoms with E-state index in [1.165, 1.54) is 61.1 Å². The molecular weight excluding hydrogens is 626 g/mol. The summed E-state index contributed by atoms with van der Waals surface area (Å²) >= 11 is 0. The Kier molecular flexibility index (Phi) is 9.46. The molecule has 1 N–H and O–H groups in total. The SMILES string of the molecule is CC(C)(C)NC(=O)[C@@H](Cc1ccccc1)N(Cc1ccc(F)cc1)C(=O)CN(c1ccc(C23CC4CC(CC(C4)C2)C3)cc1)S(C)(=O)=O. The Hall–Kier alpha value is -3.72. The van der Waals surface area contributed by atoms with Crippen LogP contribution in [0.4, 0.5) is 10.1 Å². The summed E-state index contributed by atoms with van der Waals surface area (Å²) in [6.07, 6.45) is 8.94. The zero-order chi connectivity index (χ0) is 34.3. The van der Waals surface area contributed by atoms with Crippen molar-refractivity contribution >= 4 is 27.5 Å². The third kappa shape index (κ3) is 7.77. The van der Waals surface area contributed by atoms with E-state index in [0.717, 1.165) is 33.9 Å². The summed E-state index contributed by atoms with van der Waals surface area (Å²) in [6, 6.07) is 22.0. The highest BCUT2D eigenvalue weighted by Crippen LogP contribution is 2.60. The predicted molar refractivity (Wildman–Crippen MR) is 187 cm³/mol. The number of anilines is 1. The van der Waals surface area contributed by atoms with E-state index < -0.39 is 39.9 Å². The fourth-order valence-corrected chi connectivity index (χ4v) is 9.70. The zero-order valence-corrected chi connectivity index (χ0v) is 29.3. The maximum absolute atomic E-state index is 14.4. The number of sulfonamides is 1. The molecule has 0 aliphatic heterocycles. The minimum atomic E-state index is -3.88. The molecule has 0 unspecified atom stereocenters. The number of amides is 2. The molecule has 0 spiro atoms. The lowest BCUT2D eigenvalue weighted by Crippen LogP contribution is -2.56. The van der Waals surface area contributed by atoms with E-state index in [0.29, 0.717) is 11.3 Å². The second-order valence-corrected chi connectivity index (χ2v) is 17.5. The van der Waals surface area contributed by atoms with Gasteiger partial charge in [0.25, 0.3) is 0 Å². The second-order valence-electron chi connectivity index (χ2n) is 15.6. The van der Waals surface area contributed by atoms with Crippen LogP contribution in [0.5, 0.6) is 0 Å². The van der Waals surface area contributed by atoms with Gasteiger partial charge in [-0.15, -0.1) is 0 Å². The zero-order valence-electron chi connectivity index (χ0n) is 28.5. The maximum atomic E-state index is 14.4. The van der Waals surface area contributed by atoms with Crippen LogP contribution in [0, 0.1) is 23.6 Å². The maximum Gasteiger partial charge on any atom is 0.244 e. The third-order valence-corrected chi connectivity index (χ3v) is 11.7. The molecule has 4 aliphatic rings. The highest BCUT2D eigenvalue weighted by Gasteiger charge is 2.51. The number of hydrogen-bond donors (Lipinski definition) is 1. The van der Waals surface area contributed by atoms with Crippen LogP contribution in [-0.4, -0.2) is 49.5 Å². The lowest BCUT2D eigenvalue weighted by molar-refractivity contribution is -0.140. The summed E-state index contributed by atoms with van der Waals surface area (Å²) < 4.78 is 41.6. The molecule has 4 aliphatic carbocycles. The van der Waals surface area contributed by atoms with E-state index in [9.17, 15) is 22.4 Å². The normalized spacial score (nSPS) is 23.8. The van der Waals surface area contributed by atoms with Crippen LogP contribution >= 0.6 is 0 Å². The van der Waals surface area contributed by atoms with Crippen LogP contribution in [0.2, 0.25) is 0 Å². The molecule has 4 bridgehead atoms. The quantitative estimate of drug-likeness (QED) is 0.248. The third-order valence-electron chi connectivity index (χ3n) is 10.5. The van der Waals surface area contributed by atoms with Crippen LogP contribution in [0.25, 0.3) is 0 Å². The molecule has 7 nitrogen and oxygen atoms in total. The van der Waals surface area contributed by atoms with E-state index >= 15 is 0 Å². The molecule has 0 radical (unpaired) electrons. The van der Waals surface area contributed by atoms with Crippen molar-refractivity contribution in [1.82, 2.24) is 10.2 Å². The number of nitrogens with one attached hydrogen (secondary N) is 1. The minimum Gasteiger partial charge on any atom is -0.350 e. The lowest BCUT2D eigenvalue weighted by atomic mass is 9.48. The monoisotopic (exact) mass is 673 g/mol. The number of hydrogen-bond acceptors (Lipinski definition) is 4. The smallest absolute Gasteiger partial charge is 0.244 e. The molecule has 3 aromatic carbocycles. The summed E-state index contributed by atoms with van der Waals surface area (Å²) in [5.74, 6) is 1.06. The van der Waals surface area contributed by atoms with Gasteiger partial charge >= 0.3 is 0 Å². The van der Waals surface area contributed by atoms with E-state index in [4.69, 9.17) is 0 Å². The second kappa shape index (κ2) is 13.3.